The van der Waals surface area contributed by atoms with Gasteiger partial charge in [-0.1, -0.05) is 19.4 Å². The molecule has 16 heavy (non-hydrogen) atoms. The third kappa shape index (κ3) is 2.31. The van der Waals surface area contributed by atoms with Gasteiger partial charge in [0.1, 0.15) is 6.95 Å². The first-order valence-electron chi connectivity index (χ1n) is 7.64. The molecule has 1 aromatic rings. The lowest BCUT2D eigenvalue weighted by molar-refractivity contribution is -0.127. The van der Waals surface area contributed by atoms with Crippen LogP contribution in [-0.4, -0.2) is 12.3 Å². The molecular weight excluding hydrogens is 242 g/mol. The minimum atomic E-state index is -2.50. The Bertz CT molecular complexity index is 484. The zero-order chi connectivity index (χ0) is 15.0. The van der Waals surface area contributed by atoms with Crippen molar-refractivity contribution in [3.63, 3.8) is 0 Å². The van der Waals surface area contributed by atoms with Gasteiger partial charge >= 0.3 is 0 Å². The van der Waals surface area contributed by atoms with E-state index in [4.69, 9.17) is 6.89 Å². The number of likely N-dealkylation sites (N-methyl/N-ethyl adjacent to an activating group) is 1. The van der Waals surface area contributed by atoms with Crippen LogP contribution in [0.1, 0.15) is 42.9 Å². The van der Waals surface area contributed by atoms with Crippen LogP contribution >= 0.6 is 23.7 Å². The molecule has 2 nitrogen and oxygen atoms in total. The molecule has 0 aliphatic heterocycles. The second-order valence-electron chi connectivity index (χ2n) is 3.71. The second kappa shape index (κ2) is 5.80. The molecule has 0 radical (unpaired) electrons. The highest BCUT2D eigenvalue weighted by molar-refractivity contribution is 7.10. The van der Waals surface area contributed by atoms with Gasteiger partial charge in [0, 0.05) is 16.8 Å². The molecule has 1 saturated carbocycles. The van der Waals surface area contributed by atoms with Crippen molar-refractivity contribution in [3.05, 3.63) is 22.4 Å². The van der Waals surface area contributed by atoms with Crippen LogP contribution in [0.3, 0.4) is 0 Å². The number of carbonyl (C=O) groups is 1. The lowest BCUT2D eigenvalue weighted by Gasteiger charge is -2.35. The SMILES string of the molecule is Cl.[2H]C([2H])C([2H])([2H])N([2H])C1(c2cccs2)CCCCC1=O. The maximum atomic E-state index is 12.5. The van der Waals surface area contributed by atoms with Crippen molar-refractivity contribution < 1.29 is 11.7 Å². The van der Waals surface area contributed by atoms with Crippen molar-refractivity contribution in [1.82, 2.24) is 5.31 Å². The van der Waals surface area contributed by atoms with Crippen LogP contribution < -0.4 is 5.31 Å². The predicted octanol–water partition coefficient (Wildman–Crippen LogP) is 3.12. The number of carbonyl (C=O) groups excluding carboxylic acids is 1. The summed E-state index contributed by atoms with van der Waals surface area (Å²) in [6.07, 6.45) is 2.15. The topological polar surface area (TPSA) is 29.1 Å². The lowest BCUT2D eigenvalue weighted by Crippen LogP contribution is -2.50. The Morgan fingerprint density at radius 2 is 2.62 bits per heavy atom. The van der Waals surface area contributed by atoms with E-state index in [2.05, 4.69) is 0 Å². The van der Waals surface area contributed by atoms with E-state index >= 15 is 0 Å². The number of Topliss-reactive ketones (excluding diaryl/α,β-unsaturated/α-hetero) is 1. The molecule has 1 aliphatic carbocycles. The molecule has 1 unspecified atom stereocenters. The summed E-state index contributed by atoms with van der Waals surface area (Å²) in [7, 11) is 0. The van der Waals surface area contributed by atoms with Crippen molar-refractivity contribution >= 4 is 29.5 Å². The molecule has 1 aliphatic rings. The molecule has 1 fully saturated rings. The van der Waals surface area contributed by atoms with Crippen LogP contribution in [0.25, 0.3) is 0 Å². The highest BCUT2D eigenvalue weighted by Crippen LogP contribution is 2.36. The summed E-state index contributed by atoms with van der Waals surface area (Å²) in [5.74, 6) is -0.189. The fraction of sp³-hybridized carbons (Fsp3) is 0.583. The monoisotopic (exact) mass is 264 g/mol. The van der Waals surface area contributed by atoms with Gasteiger partial charge in [-0.15, -0.1) is 23.7 Å². The van der Waals surface area contributed by atoms with Crippen LogP contribution in [0.5, 0.6) is 0 Å². The summed E-state index contributed by atoms with van der Waals surface area (Å²) in [6, 6.07) is 3.50. The molecule has 4 heteroatoms. The molecule has 90 valence electrons. The molecule has 0 aromatic carbocycles. The van der Waals surface area contributed by atoms with E-state index in [1.54, 1.807) is 17.5 Å². The molecule has 0 spiro atoms. The van der Waals surface area contributed by atoms with Crippen LogP contribution in [0.2, 0.25) is 1.41 Å². The Kier molecular flexibility index (Phi) is 2.85. The molecule has 0 bridgehead atoms. The first-order valence-corrected chi connectivity index (χ1v) is 5.92. The summed E-state index contributed by atoms with van der Waals surface area (Å²) < 4.78 is 38.5. The average molecular weight is 265 g/mol. The average Bonchev–Trinajstić information content (AvgIpc) is 2.92. The number of hydrogen-bond donors (Lipinski definition) is 1. The molecule has 1 heterocycles. The number of thiophene rings is 1. The number of nitrogens with one attached hydrogen (secondary N) is 1. The standard InChI is InChI=1S/C12H17NOS.ClH/c1-2-13-12(11-7-5-9-15-11)8-4-3-6-10(12)14;/h5,7,9,13H,2-4,6,8H2,1H3;1H/i1D2,2D2;/hD. The summed E-state index contributed by atoms with van der Waals surface area (Å²) in [6.45, 7) is -4.36. The minimum absolute atomic E-state index is 0. The Morgan fingerprint density at radius 1 is 1.75 bits per heavy atom. The lowest BCUT2D eigenvalue weighted by atomic mass is 9.79. The van der Waals surface area contributed by atoms with E-state index < -0.39 is 18.9 Å². The Balaban J connectivity index is 0.00000220. The van der Waals surface area contributed by atoms with Gasteiger partial charge in [-0.2, -0.15) is 0 Å². The third-order valence-electron chi connectivity index (χ3n) is 2.84. The zero-order valence-electron chi connectivity index (χ0n) is 13.8. The van der Waals surface area contributed by atoms with Crippen LogP contribution in [0, 0.1) is 0 Å². The first-order chi connectivity index (χ1) is 9.33. The van der Waals surface area contributed by atoms with Gasteiger partial charge in [0.25, 0.3) is 0 Å². The largest absolute Gasteiger partial charge is 0.301 e. The van der Waals surface area contributed by atoms with Gasteiger partial charge in [-0.3, -0.25) is 4.79 Å². The summed E-state index contributed by atoms with van der Waals surface area (Å²) in [5, 5.41) is 2.36. The van der Waals surface area contributed by atoms with Gasteiger partial charge in [-0.25, -0.2) is 0 Å². The number of rotatable bonds is 3. The Labute approximate surface area is 114 Å². The molecule has 1 atom stereocenters. The van der Waals surface area contributed by atoms with Gasteiger partial charge in [0.2, 0.25) is 0 Å². The third-order valence-corrected chi connectivity index (χ3v) is 3.86. The van der Waals surface area contributed by atoms with E-state index in [1.165, 1.54) is 11.3 Å². The van der Waals surface area contributed by atoms with Crippen molar-refractivity contribution in [1.29, 1.82) is 0 Å². The Morgan fingerprint density at radius 3 is 3.25 bits per heavy atom. The van der Waals surface area contributed by atoms with Crippen molar-refractivity contribution in [3.8, 4) is 0 Å². The van der Waals surface area contributed by atoms with Gasteiger partial charge in [0.05, 0.1) is 0 Å². The van der Waals surface area contributed by atoms with Crippen LogP contribution in [0.4, 0.5) is 0 Å². The summed E-state index contributed by atoms with van der Waals surface area (Å²) in [5.41, 5.74) is -1.35. The molecule has 0 amide bonds. The summed E-state index contributed by atoms with van der Waals surface area (Å²) in [4.78, 5) is 13.1. The second-order valence-corrected chi connectivity index (χ2v) is 4.66. The van der Waals surface area contributed by atoms with Crippen molar-refractivity contribution in [2.24, 2.45) is 0 Å². The number of halogens is 1. The maximum Gasteiger partial charge on any atom is 0.158 e. The van der Waals surface area contributed by atoms with E-state index in [0.717, 1.165) is 12.8 Å². The van der Waals surface area contributed by atoms with E-state index in [9.17, 15) is 4.79 Å². The predicted molar refractivity (Wildman–Crippen MR) is 70.4 cm³/mol. The van der Waals surface area contributed by atoms with Crippen molar-refractivity contribution in [2.45, 2.75) is 38.1 Å². The molecule has 0 saturated heterocycles. The highest BCUT2D eigenvalue weighted by Gasteiger charge is 2.41. The summed E-state index contributed by atoms with van der Waals surface area (Å²) >= 11 is 1.32. The molecule has 2 rings (SSSR count). The smallest absolute Gasteiger partial charge is 0.158 e. The van der Waals surface area contributed by atoms with Crippen LogP contribution in [-0.2, 0) is 10.3 Å². The fourth-order valence-corrected chi connectivity index (χ4v) is 2.99. The van der Waals surface area contributed by atoms with Crippen molar-refractivity contribution in [2.75, 3.05) is 6.50 Å². The molecule has 1 N–H and O–H groups in total. The van der Waals surface area contributed by atoms with Crippen LogP contribution in [0.15, 0.2) is 17.5 Å². The number of hydrogen-bond acceptors (Lipinski definition) is 3. The molecule has 1 aromatic heterocycles. The first kappa shape index (κ1) is 7.85. The Hall–Kier alpha value is -0.380. The van der Waals surface area contributed by atoms with E-state index in [-0.39, 0.29) is 18.2 Å². The zero-order valence-corrected chi connectivity index (χ0v) is 10.4. The van der Waals surface area contributed by atoms with Gasteiger partial charge in [-0.05, 0) is 30.8 Å². The van der Waals surface area contributed by atoms with Gasteiger partial charge in [0.15, 0.2) is 5.78 Å². The highest BCUT2D eigenvalue weighted by atomic mass is 35.5. The quantitative estimate of drug-likeness (QED) is 0.909. The van der Waals surface area contributed by atoms with Gasteiger partial charge < -0.3 is 5.31 Å². The molecular formula is C12H18ClNOS. The van der Waals surface area contributed by atoms with E-state index in [0.29, 0.717) is 23.0 Å². The number of ketones is 1. The normalized spacial score (nSPS) is 31.1. The fourth-order valence-electron chi connectivity index (χ4n) is 2.07. The minimum Gasteiger partial charge on any atom is -0.301 e. The maximum absolute atomic E-state index is 12.5. The van der Waals surface area contributed by atoms with E-state index in [1.807, 2.05) is 0 Å².